The molecule has 0 radical (unpaired) electrons. The third kappa shape index (κ3) is 7.46. The quantitative estimate of drug-likeness (QED) is 0.132. The fourth-order valence-electron chi connectivity index (χ4n) is 2.82. The van der Waals surface area contributed by atoms with Crippen molar-refractivity contribution in [2.45, 2.75) is 32.6 Å². The van der Waals surface area contributed by atoms with Crippen LogP contribution in [0.15, 0.2) is 57.1 Å². The minimum absolute atomic E-state index is 0.255. The van der Waals surface area contributed by atoms with Crippen LogP contribution in [0.5, 0.6) is 0 Å². The summed E-state index contributed by atoms with van der Waals surface area (Å²) in [5.41, 5.74) is 3.18. The Kier molecular flexibility index (Phi) is 10.4. The number of unbranched alkanes of at least 4 members (excludes halogenated alkanes) is 1. The van der Waals surface area contributed by atoms with Crippen LogP contribution in [-0.4, -0.2) is 48.9 Å². The van der Waals surface area contributed by atoms with Crippen molar-refractivity contribution in [3.63, 3.8) is 0 Å². The zero-order valence-corrected chi connectivity index (χ0v) is 18.9. The Bertz CT molecular complexity index is 813. The number of halogens is 2. The molecule has 2 rings (SSSR count). The lowest BCUT2D eigenvalue weighted by Crippen LogP contribution is -2.28. The van der Waals surface area contributed by atoms with Gasteiger partial charge in [0.15, 0.2) is 5.82 Å². The number of pyridine rings is 1. The predicted octanol–water partition coefficient (Wildman–Crippen LogP) is 3.87. The number of nitrogens with zero attached hydrogens (tertiary/aromatic N) is 4. The van der Waals surface area contributed by atoms with Crippen LogP contribution in [0.2, 0.25) is 5.02 Å². The highest BCUT2D eigenvalue weighted by atomic mass is 35.5. The Morgan fingerprint density at radius 3 is 2.70 bits per heavy atom. The summed E-state index contributed by atoms with van der Waals surface area (Å²) in [6.07, 6.45) is 5.33. The molecule has 7 nitrogen and oxygen atoms in total. The predicted molar refractivity (Wildman–Crippen MR) is 128 cm³/mol. The van der Waals surface area contributed by atoms with E-state index in [0.29, 0.717) is 17.4 Å². The molecule has 0 saturated carbocycles. The van der Waals surface area contributed by atoms with E-state index in [0.717, 1.165) is 67.4 Å². The molecule has 0 fully saturated rings. The van der Waals surface area contributed by atoms with Crippen LogP contribution in [0.25, 0.3) is 0 Å². The van der Waals surface area contributed by atoms with Crippen LogP contribution in [-0.2, 0) is 0 Å². The normalized spacial score (nSPS) is 13.8. The van der Waals surface area contributed by atoms with Crippen molar-refractivity contribution in [1.29, 1.82) is 0 Å². The van der Waals surface area contributed by atoms with E-state index in [9.17, 15) is 0 Å². The molecule has 1 aliphatic heterocycles. The van der Waals surface area contributed by atoms with Gasteiger partial charge < -0.3 is 16.0 Å². The van der Waals surface area contributed by atoms with Crippen molar-refractivity contribution in [3.05, 3.63) is 52.8 Å². The number of aliphatic imine (C=N–C) groups is 3. The van der Waals surface area contributed by atoms with Crippen LogP contribution >= 0.6 is 23.2 Å². The van der Waals surface area contributed by atoms with E-state index in [1.54, 1.807) is 6.20 Å². The van der Waals surface area contributed by atoms with Gasteiger partial charge in [-0.25, -0.2) is 9.98 Å². The average Bonchev–Trinajstić information content (AvgIpc) is 3.22. The van der Waals surface area contributed by atoms with Crippen molar-refractivity contribution in [2.75, 3.05) is 25.6 Å². The molecule has 3 N–H and O–H groups in total. The fraction of sp³-hybridized carbons (Fsp3) is 0.429. The number of hydrogen-bond donors (Lipinski definition) is 3. The van der Waals surface area contributed by atoms with Gasteiger partial charge in [-0.1, -0.05) is 25.1 Å². The largest absolute Gasteiger partial charge is 0.384 e. The summed E-state index contributed by atoms with van der Waals surface area (Å²) < 4.78 is 0. The van der Waals surface area contributed by atoms with E-state index < -0.39 is 0 Å². The summed E-state index contributed by atoms with van der Waals surface area (Å²) >= 11 is 11.7. The molecule has 0 spiro atoms. The molecule has 0 saturated heterocycles. The molecule has 162 valence electrons. The molecule has 1 aliphatic rings. The van der Waals surface area contributed by atoms with E-state index in [-0.39, 0.29) is 6.00 Å². The summed E-state index contributed by atoms with van der Waals surface area (Å²) in [6.45, 7) is 11.9. The number of rotatable bonds is 14. The molecule has 0 unspecified atom stereocenters. The average molecular weight is 450 g/mol. The first-order valence-electron chi connectivity index (χ1n) is 9.99. The molecule has 30 heavy (non-hydrogen) atoms. The zero-order valence-electron chi connectivity index (χ0n) is 17.3. The van der Waals surface area contributed by atoms with E-state index >= 15 is 0 Å². The molecule has 0 aliphatic carbocycles. The van der Waals surface area contributed by atoms with Crippen LogP contribution in [0.1, 0.15) is 38.3 Å². The minimum atomic E-state index is 0.255. The number of aromatic nitrogens is 1. The first-order valence-corrected chi connectivity index (χ1v) is 10.9. The van der Waals surface area contributed by atoms with Crippen LogP contribution in [0.3, 0.4) is 0 Å². The second-order valence-corrected chi connectivity index (χ2v) is 7.34. The van der Waals surface area contributed by atoms with E-state index in [4.69, 9.17) is 23.2 Å². The Morgan fingerprint density at radius 2 is 2.03 bits per heavy atom. The maximum absolute atomic E-state index is 5.89. The summed E-state index contributed by atoms with van der Waals surface area (Å²) in [7, 11) is 0. The second kappa shape index (κ2) is 13.0. The molecule has 0 amide bonds. The van der Waals surface area contributed by atoms with Gasteiger partial charge in [0.05, 0.1) is 34.7 Å². The van der Waals surface area contributed by atoms with E-state index in [1.165, 1.54) is 0 Å². The monoisotopic (exact) mass is 449 g/mol. The SMILES string of the molecule is C=N/C(NCCCCC1=NCC(c2ccc(Cl)cn2)=N1)=C(\NCCl)C(=C)NCCC. The van der Waals surface area contributed by atoms with Gasteiger partial charge in [-0.2, -0.15) is 0 Å². The van der Waals surface area contributed by atoms with Gasteiger partial charge in [0, 0.05) is 25.7 Å². The third-order valence-corrected chi connectivity index (χ3v) is 4.70. The highest BCUT2D eigenvalue weighted by Gasteiger charge is 2.13. The van der Waals surface area contributed by atoms with Crippen molar-refractivity contribution in [3.8, 4) is 0 Å². The fourth-order valence-corrected chi connectivity index (χ4v) is 3.06. The molecular weight excluding hydrogens is 421 g/mol. The van der Waals surface area contributed by atoms with Gasteiger partial charge in [-0.05, 0) is 38.1 Å². The first-order chi connectivity index (χ1) is 14.6. The van der Waals surface area contributed by atoms with Crippen molar-refractivity contribution in [1.82, 2.24) is 20.9 Å². The zero-order chi connectivity index (χ0) is 21.8. The number of hydrogen-bond acceptors (Lipinski definition) is 7. The molecule has 1 aromatic rings. The lowest BCUT2D eigenvalue weighted by molar-refractivity contribution is 0.671. The van der Waals surface area contributed by atoms with Gasteiger partial charge in [0.25, 0.3) is 0 Å². The molecule has 0 aromatic carbocycles. The second-order valence-electron chi connectivity index (χ2n) is 6.63. The lowest BCUT2D eigenvalue weighted by atomic mass is 10.2. The van der Waals surface area contributed by atoms with Crippen molar-refractivity contribution < 1.29 is 0 Å². The Balaban J connectivity index is 1.80. The van der Waals surface area contributed by atoms with Gasteiger partial charge >= 0.3 is 0 Å². The molecule has 9 heteroatoms. The van der Waals surface area contributed by atoms with Gasteiger partial charge in [-0.15, -0.1) is 11.6 Å². The molecule has 0 bridgehead atoms. The van der Waals surface area contributed by atoms with Crippen molar-refractivity contribution >= 4 is 41.5 Å². The maximum atomic E-state index is 5.89. The van der Waals surface area contributed by atoms with Crippen molar-refractivity contribution in [2.24, 2.45) is 15.0 Å². The molecule has 2 heterocycles. The maximum Gasteiger partial charge on any atom is 0.150 e. The van der Waals surface area contributed by atoms with Crippen LogP contribution in [0, 0.1) is 0 Å². The van der Waals surface area contributed by atoms with E-state index in [2.05, 4.69) is 56.1 Å². The molecule has 1 aromatic heterocycles. The topological polar surface area (TPSA) is 86.1 Å². The van der Waals surface area contributed by atoms with Crippen LogP contribution in [0.4, 0.5) is 0 Å². The van der Waals surface area contributed by atoms with Gasteiger partial charge in [-0.3, -0.25) is 9.98 Å². The Labute approximate surface area is 188 Å². The van der Waals surface area contributed by atoms with Gasteiger partial charge in [0.1, 0.15) is 11.5 Å². The number of nitrogens with one attached hydrogen (secondary N) is 3. The summed E-state index contributed by atoms with van der Waals surface area (Å²) in [4.78, 5) is 17.5. The minimum Gasteiger partial charge on any atom is -0.384 e. The lowest BCUT2D eigenvalue weighted by Gasteiger charge is -2.17. The standard InChI is InChI=1S/C21H29Cl2N7/c1-4-10-25-15(2)20(29-14-22)21(24-3)26-11-6-5-7-19-28-13-18(30-19)17-9-8-16(23)12-27-17/h8-9,12,25-26,29H,2-7,10-11,13-14H2,1H3/b21-20+. The number of amidine groups is 1. The molecule has 0 atom stereocenters. The highest BCUT2D eigenvalue weighted by Crippen LogP contribution is 2.12. The Hall–Kier alpha value is -2.38. The summed E-state index contributed by atoms with van der Waals surface area (Å²) in [5.74, 6) is 1.50. The first kappa shape index (κ1) is 23.9. The summed E-state index contributed by atoms with van der Waals surface area (Å²) in [5, 5.41) is 10.3. The number of alkyl halides is 1. The Morgan fingerprint density at radius 1 is 1.20 bits per heavy atom. The summed E-state index contributed by atoms with van der Waals surface area (Å²) in [6, 6.07) is 3.94. The van der Waals surface area contributed by atoms with E-state index in [1.807, 2.05) is 12.1 Å². The molecular formula is C21H29Cl2N7. The smallest absolute Gasteiger partial charge is 0.150 e. The third-order valence-electron chi connectivity index (χ3n) is 4.35. The van der Waals surface area contributed by atoms with Crippen LogP contribution < -0.4 is 16.0 Å². The highest BCUT2D eigenvalue weighted by molar-refractivity contribution is 6.30. The van der Waals surface area contributed by atoms with Gasteiger partial charge in [0.2, 0.25) is 0 Å².